The lowest BCUT2D eigenvalue weighted by atomic mass is 10.1. The number of hydrogen-bond donors (Lipinski definition) is 2. The summed E-state index contributed by atoms with van der Waals surface area (Å²) in [5.41, 5.74) is 6.43. The molecule has 0 aliphatic rings. The highest BCUT2D eigenvalue weighted by Gasteiger charge is 2.08. The average molecular weight is 453 g/mol. The molecule has 3 aromatic rings. The molecule has 0 fully saturated rings. The van der Waals surface area contributed by atoms with Gasteiger partial charge in [-0.15, -0.1) is 0 Å². The number of nitrogens with one attached hydrogen (secondary N) is 2. The lowest BCUT2D eigenvalue weighted by Gasteiger charge is -2.12. The van der Waals surface area contributed by atoms with Crippen LogP contribution < -0.4 is 15.4 Å². The first-order valence-electron chi connectivity index (χ1n) is 9.49. The zero-order chi connectivity index (χ0) is 20.8. The molecule has 0 bridgehead atoms. The van der Waals surface area contributed by atoms with Crippen LogP contribution in [0.15, 0.2) is 65.1 Å². The summed E-state index contributed by atoms with van der Waals surface area (Å²) in [5.74, 6) is 0.453. The first-order valence-corrected chi connectivity index (χ1v) is 10.3. The van der Waals surface area contributed by atoms with Crippen molar-refractivity contribution >= 4 is 33.2 Å². The van der Waals surface area contributed by atoms with Crippen LogP contribution in [0.4, 0.5) is 11.4 Å². The van der Waals surface area contributed by atoms with E-state index in [0.29, 0.717) is 12.3 Å². The van der Waals surface area contributed by atoms with Gasteiger partial charge < -0.3 is 15.4 Å². The normalized spacial score (nSPS) is 10.5. The van der Waals surface area contributed by atoms with Crippen LogP contribution in [0.25, 0.3) is 0 Å². The average Bonchev–Trinajstić information content (AvgIpc) is 2.69. The number of benzene rings is 3. The summed E-state index contributed by atoms with van der Waals surface area (Å²) in [6, 6.07) is 20.1. The molecule has 3 rings (SSSR count). The van der Waals surface area contributed by atoms with Crippen LogP contribution in [0.5, 0.6) is 5.75 Å². The van der Waals surface area contributed by atoms with Crippen LogP contribution in [-0.2, 0) is 11.3 Å². The Morgan fingerprint density at radius 1 is 0.931 bits per heavy atom. The molecule has 0 radical (unpaired) electrons. The molecule has 0 aromatic heterocycles. The lowest BCUT2D eigenvalue weighted by Crippen LogP contribution is -2.20. The van der Waals surface area contributed by atoms with E-state index in [0.717, 1.165) is 32.5 Å². The number of hydrogen-bond acceptors (Lipinski definition) is 3. The maximum absolute atomic E-state index is 12.2. The van der Waals surface area contributed by atoms with E-state index in [1.807, 2.05) is 50.2 Å². The fraction of sp³-hybridized carbons (Fsp3) is 0.208. The molecule has 0 heterocycles. The van der Waals surface area contributed by atoms with E-state index in [2.05, 4.69) is 57.8 Å². The number of rotatable bonds is 7. The van der Waals surface area contributed by atoms with E-state index in [9.17, 15) is 4.79 Å². The standard InChI is InChI=1S/C24H25BrN2O2/c1-16-4-8-20(9-5-16)26-14-19-7-11-23(21(25)13-19)29-15-24(28)27-22-10-6-17(2)12-18(22)3/h4-13,26H,14-15H2,1-3H3,(H,27,28). The molecule has 0 saturated carbocycles. The molecule has 0 aliphatic carbocycles. The second-order valence-corrected chi connectivity index (χ2v) is 7.99. The van der Waals surface area contributed by atoms with Gasteiger partial charge in [-0.2, -0.15) is 0 Å². The van der Waals surface area contributed by atoms with Crippen molar-refractivity contribution in [3.63, 3.8) is 0 Å². The Bertz CT molecular complexity index is 1000. The van der Waals surface area contributed by atoms with Gasteiger partial charge in [0.1, 0.15) is 5.75 Å². The minimum Gasteiger partial charge on any atom is -0.483 e. The topological polar surface area (TPSA) is 50.4 Å². The third-order valence-corrected chi connectivity index (χ3v) is 5.18. The highest BCUT2D eigenvalue weighted by molar-refractivity contribution is 9.10. The second kappa shape index (κ2) is 9.61. The van der Waals surface area contributed by atoms with Gasteiger partial charge in [-0.1, -0.05) is 41.5 Å². The van der Waals surface area contributed by atoms with Gasteiger partial charge in [-0.3, -0.25) is 4.79 Å². The van der Waals surface area contributed by atoms with Crippen LogP contribution in [-0.4, -0.2) is 12.5 Å². The molecule has 29 heavy (non-hydrogen) atoms. The fourth-order valence-electron chi connectivity index (χ4n) is 2.93. The Kier molecular flexibility index (Phi) is 6.94. The SMILES string of the molecule is Cc1ccc(NCc2ccc(OCC(=O)Nc3ccc(C)cc3C)c(Br)c2)cc1. The molecule has 3 aromatic carbocycles. The van der Waals surface area contributed by atoms with Crippen LogP contribution >= 0.6 is 15.9 Å². The lowest BCUT2D eigenvalue weighted by molar-refractivity contribution is -0.118. The van der Waals surface area contributed by atoms with Crippen molar-refractivity contribution in [3.8, 4) is 5.75 Å². The maximum atomic E-state index is 12.2. The summed E-state index contributed by atoms with van der Waals surface area (Å²) in [6.45, 7) is 6.73. The van der Waals surface area contributed by atoms with Crippen LogP contribution in [0, 0.1) is 20.8 Å². The summed E-state index contributed by atoms with van der Waals surface area (Å²) >= 11 is 3.53. The summed E-state index contributed by atoms with van der Waals surface area (Å²) in [7, 11) is 0. The van der Waals surface area contributed by atoms with E-state index >= 15 is 0 Å². The monoisotopic (exact) mass is 452 g/mol. The van der Waals surface area contributed by atoms with Crippen molar-refractivity contribution in [1.29, 1.82) is 0 Å². The summed E-state index contributed by atoms with van der Waals surface area (Å²) < 4.78 is 6.51. The Hall–Kier alpha value is -2.79. The van der Waals surface area contributed by atoms with Crippen molar-refractivity contribution in [2.24, 2.45) is 0 Å². The van der Waals surface area contributed by atoms with E-state index in [1.165, 1.54) is 5.56 Å². The largest absolute Gasteiger partial charge is 0.483 e. The molecule has 0 spiro atoms. The minimum absolute atomic E-state index is 0.0487. The number of halogens is 1. The minimum atomic E-state index is -0.186. The highest BCUT2D eigenvalue weighted by atomic mass is 79.9. The van der Waals surface area contributed by atoms with Crippen molar-refractivity contribution in [2.45, 2.75) is 27.3 Å². The first-order chi connectivity index (χ1) is 13.9. The van der Waals surface area contributed by atoms with Gasteiger partial charge in [0.2, 0.25) is 0 Å². The third-order valence-electron chi connectivity index (χ3n) is 4.56. The molecule has 2 N–H and O–H groups in total. The molecule has 0 saturated heterocycles. The number of amides is 1. The predicted molar refractivity (Wildman–Crippen MR) is 123 cm³/mol. The van der Waals surface area contributed by atoms with Gasteiger partial charge in [0.25, 0.3) is 5.91 Å². The molecule has 150 valence electrons. The van der Waals surface area contributed by atoms with Gasteiger partial charge in [0, 0.05) is 17.9 Å². The van der Waals surface area contributed by atoms with Crippen molar-refractivity contribution in [1.82, 2.24) is 0 Å². The summed E-state index contributed by atoms with van der Waals surface area (Å²) in [5, 5.41) is 6.29. The zero-order valence-electron chi connectivity index (χ0n) is 16.9. The van der Waals surface area contributed by atoms with E-state index < -0.39 is 0 Å². The number of carbonyl (C=O) groups excluding carboxylic acids is 1. The maximum Gasteiger partial charge on any atom is 0.262 e. The fourth-order valence-corrected chi connectivity index (χ4v) is 3.47. The van der Waals surface area contributed by atoms with Gasteiger partial charge in [0.05, 0.1) is 4.47 Å². The van der Waals surface area contributed by atoms with E-state index in [-0.39, 0.29) is 12.5 Å². The molecule has 4 nitrogen and oxygen atoms in total. The van der Waals surface area contributed by atoms with E-state index in [4.69, 9.17) is 4.74 Å². The molecule has 5 heteroatoms. The van der Waals surface area contributed by atoms with Gasteiger partial charge in [0.15, 0.2) is 6.61 Å². The summed E-state index contributed by atoms with van der Waals surface area (Å²) in [6.07, 6.45) is 0. The Labute approximate surface area is 180 Å². The van der Waals surface area contributed by atoms with Crippen molar-refractivity contribution < 1.29 is 9.53 Å². The smallest absolute Gasteiger partial charge is 0.262 e. The molecule has 0 aliphatic heterocycles. The molecule has 0 unspecified atom stereocenters. The predicted octanol–water partition coefficient (Wildman–Crippen LogP) is 6.00. The van der Waals surface area contributed by atoms with Gasteiger partial charge in [-0.05, 0) is 78.2 Å². The molecular weight excluding hydrogens is 428 g/mol. The van der Waals surface area contributed by atoms with Crippen molar-refractivity contribution in [2.75, 3.05) is 17.2 Å². The Balaban J connectivity index is 1.53. The number of carbonyl (C=O) groups is 1. The van der Waals surface area contributed by atoms with Gasteiger partial charge in [-0.25, -0.2) is 0 Å². The number of anilines is 2. The van der Waals surface area contributed by atoms with Gasteiger partial charge >= 0.3 is 0 Å². The molecule has 0 atom stereocenters. The number of ether oxygens (including phenoxy) is 1. The quantitative estimate of drug-likeness (QED) is 0.461. The Morgan fingerprint density at radius 3 is 2.34 bits per heavy atom. The highest BCUT2D eigenvalue weighted by Crippen LogP contribution is 2.26. The third kappa shape index (κ3) is 6.09. The zero-order valence-corrected chi connectivity index (χ0v) is 18.5. The van der Waals surface area contributed by atoms with Crippen LogP contribution in [0.2, 0.25) is 0 Å². The molecule has 1 amide bonds. The summed E-state index contributed by atoms with van der Waals surface area (Å²) in [4.78, 5) is 12.2. The van der Waals surface area contributed by atoms with Crippen molar-refractivity contribution in [3.05, 3.63) is 87.4 Å². The van der Waals surface area contributed by atoms with E-state index in [1.54, 1.807) is 0 Å². The number of aryl methyl sites for hydroxylation is 3. The first kappa shape index (κ1) is 20.9. The molecular formula is C24H25BrN2O2. The Morgan fingerprint density at radius 2 is 1.66 bits per heavy atom. The van der Waals surface area contributed by atoms with Crippen LogP contribution in [0.3, 0.4) is 0 Å². The van der Waals surface area contributed by atoms with Crippen LogP contribution in [0.1, 0.15) is 22.3 Å². The second-order valence-electron chi connectivity index (χ2n) is 7.14.